The third kappa shape index (κ3) is 6.50. The van der Waals surface area contributed by atoms with Crippen LogP contribution in [0.1, 0.15) is 44.0 Å². The summed E-state index contributed by atoms with van der Waals surface area (Å²) in [7, 11) is 0. The van der Waals surface area contributed by atoms with E-state index in [-0.39, 0.29) is 24.0 Å². The second-order valence-corrected chi connectivity index (χ2v) is 5.66. The molecule has 126 valence electrons. The van der Waals surface area contributed by atoms with Gasteiger partial charge in [0.05, 0.1) is 6.61 Å². The van der Waals surface area contributed by atoms with Crippen LogP contribution in [-0.2, 0) is 9.59 Å². The van der Waals surface area contributed by atoms with Gasteiger partial charge < -0.3 is 15.2 Å². The number of hydrogen-bond donors (Lipinski definition) is 2. The van der Waals surface area contributed by atoms with Gasteiger partial charge in [0.2, 0.25) is 5.91 Å². The fourth-order valence-electron chi connectivity index (χ4n) is 1.99. The lowest BCUT2D eigenvalue weighted by Gasteiger charge is -2.17. The van der Waals surface area contributed by atoms with Crippen molar-refractivity contribution in [2.75, 3.05) is 6.61 Å². The van der Waals surface area contributed by atoms with Crippen molar-refractivity contribution in [2.45, 2.75) is 39.7 Å². The molecule has 2 N–H and O–H groups in total. The Morgan fingerprint density at radius 2 is 1.96 bits per heavy atom. The Balaban J connectivity index is 2.37. The third-order valence-corrected chi connectivity index (χ3v) is 3.31. The smallest absolute Gasteiger partial charge is 0.326 e. The summed E-state index contributed by atoms with van der Waals surface area (Å²) in [5, 5.41) is 11.5. The summed E-state index contributed by atoms with van der Waals surface area (Å²) in [6, 6.07) is 5.96. The van der Waals surface area contributed by atoms with Crippen molar-refractivity contribution in [3.05, 3.63) is 29.8 Å². The van der Waals surface area contributed by atoms with Gasteiger partial charge in [-0.1, -0.05) is 26.0 Å². The van der Waals surface area contributed by atoms with Crippen LogP contribution < -0.4 is 10.1 Å². The Labute approximate surface area is 135 Å². The Morgan fingerprint density at radius 3 is 2.52 bits per heavy atom. The maximum Gasteiger partial charge on any atom is 0.326 e. The lowest BCUT2D eigenvalue weighted by molar-refractivity contribution is -0.143. The number of ether oxygens (including phenoxy) is 1. The van der Waals surface area contributed by atoms with Crippen molar-refractivity contribution in [3.63, 3.8) is 0 Å². The molecule has 6 nitrogen and oxygen atoms in total. The maximum absolute atomic E-state index is 11.7. The molecule has 23 heavy (non-hydrogen) atoms. The molecule has 0 saturated carbocycles. The van der Waals surface area contributed by atoms with Gasteiger partial charge in [-0.25, -0.2) is 4.79 Å². The SMILES string of the molecule is CC(=O)c1cccc(OCCCC(=O)N[C@H](C(=O)O)C(C)C)c1. The van der Waals surface area contributed by atoms with Crippen LogP contribution in [0.3, 0.4) is 0 Å². The van der Waals surface area contributed by atoms with Crippen molar-refractivity contribution in [3.8, 4) is 5.75 Å². The minimum Gasteiger partial charge on any atom is -0.494 e. The molecule has 0 aliphatic heterocycles. The molecule has 0 heterocycles. The lowest BCUT2D eigenvalue weighted by atomic mass is 10.0. The van der Waals surface area contributed by atoms with Crippen LogP contribution in [0.15, 0.2) is 24.3 Å². The van der Waals surface area contributed by atoms with E-state index in [2.05, 4.69) is 5.32 Å². The Morgan fingerprint density at radius 1 is 1.26 bits per heavy atom. The summed E-state index contributed by atoms with van der Waals surface area (Å²) in [4.78, 5) is 34.0. The molecule has 0 bridgehead atoms. The van der Waals surface area contributed by atoms with Crippen molar-refractivity contribution in [1.82, 2.24) is 5.32 Å². The Hall–Kier alpha value is -2.37. The number of amides is 1. The van der Waals surface area contributed by atoms with Gasteiger partial charge in [0, 0.05) is 12.0 Å². The second kappa shape index (κ2) is 8.92. The number of carbonyl (C=O) groups excluding carboxylic acids is 2. The molecular weight excluding hydrogens is 298 g/mol. The van der Waals surface area contributed by atoms with E-state index < -0.39 is 12.0 Å². The molecule has 1 amide bonds. The monoisotopic (exact) mass is 321 g/mol. The van der Waals surface area contributed by atoms with Crippen LogP contribution >= 0.6 is 0 Å². The molecule has 1 aromatic rings. The van der Waals surface area contributed by atoms with Gasteiger partial charge in [-0.15, -0.1) is 0 Å². The molecule has 0 aromatic heterocycles. The summed E-state index contributed by atoms with van der Waals surface area (Å²) in [6.07, 6.45) is 0.642. The highest BCUT2D eigenvalue weighted by molar-refractivity contribution is 5.94. The van der Waals surface area contributed by atoms with Gasteiger partial charge >= 0.3 is 5.97 Å². The van der Waals surface area contributed by atoms with E-state index in [9.17, 15) is 14.4 Å². The van der Waals surface area contributed by atoms with Gasteiger partial charge in [0.25, 0.3) is 0 Å². The Bertz CT molecular complexity index is 568. The van der Waals surface area contributed by atoms with Crippen molar-refractivity contribution >= 4 is 17.7 Å². The van der Waals surface area contributed by atoms with Crippen LogP contribution in [0.2, 0.25) is 0 Å². The molecule has 6 heteroatoms. The van der Waals surface area contributed by atoms with E-state index in [0.717, 1.165) is 0 Å². The number of carboxylic acid groups (broad SMARTS) is 1. The predicted molar refractivity (Wildman–Crippen MR) is 85.6 cm³/mol. The van der Waals surface area contributed by atoms with E-state index in [0.29, 0.717) is 24.3 Å². The van der Waals surface area contributed by atoms with E-state index in [1.807, 2.05) is 0 Å². The number of aliphatic carboxylic acids is 1. The molecule has 1 aromatic carbocycles. The zero-order chi connectivity index (χ0) is 17.4. The average molecular weight is 321 g/mol. The summed E-state index contributed by atoms with van der Waals surface area (Å²) in [5.41, 5.74) is 0.571. The minimum atomic E-state index is -1.04. The zero-order valence-corrected chi connectivity index (χ0v) is 13.7. The molecule has 0 radical (unpaired) electrons. The lowest BCUT2D eigenvalue weighted by Crippen LogP contribution is -2.44. The van der Waals surface area contributed by atoms with Gasteiger partial charge in [-0.2, -0.15) is 0 Å². The molecule has 0 unspecified atom stereocenters. The van der Waals surface area contributed by atoms with Crippen molar-refractivity contribution < 1.29 is 24.2 Å². The number of rotatable bonds is 9. The van der Waals surface area contributed by atoms with Crippen LogP contribution in [0, 0.1) is 5.92 Å². The van der Waals surface area contributed by atoms with E-state index >= 15 is 0 Å². The van der Waals surface area contributed by atoms with E-state index in [4.69, 9.17) is 9.84 Å². The predicted octanol–water partition coefficient (Wildman–Crippen LogP) is 2.27. The van der Waals surface area contributed by atoms with Crippen LogP contribution in [0.25, 0.3) is 0 Å². The fourth-order valence-corrected chi connectivity index (χ4v) is 1.99. The molecule has 0 fully saturated rings. The highest BCUT2D eigenvalue weighted by Crippen LogP contribution is 2.14. The first kappa shape index (κ1) is 18.7. The minimum absolute atomic E-state index is 0.0387. The molecular formula is C17H23NO5. The summed E-state index contributed by atoms with van der Waals surface area (Å²) < 4.78 is 5.50. The topological polar surface area (TPSA) is 92.7 Å². The quantitative estimate of drug-likeness (QED) is 0.537. The van der Waals surface area contributed by atoms with E-state index in [1.54, 1.807) is 38.1 Å². The number of nitrogens with one attached hydrogen (secondary N) is 1. The first-order valence-electron chi connectivity index (χ1n) is 7.57. The average Bonchev–Trinajstić information content (AvgIpc) is 2.48. The van der Waals surface area contributed by atoms with Crippen LogP contribution in [-0.4, -0.2) is 35.4 Å². The first-order chi connectivity index (χ1) is 10.8. The molecule has 0 spiro atoms. The first-order valence-corrected chi connectivity index (χ1v) is 7.57. The Kier molecular flexibility index (Phi) is 7.25. The number of benzene rings is 1. The number of ketones is 1. The number of carbonyl (C=O) groups is 3. The number of carboxylic acids is 1. The van der Waals surface area contributed by atoms with Crippen molar-refractivity contribution in [1.29, 1.82) is 0 Å². The summed E-state index contributed by atoms with van der Waals surface area (Å²) in [5.74, 6) is -0.994. The van der Waals surface area contributed by atoms with Crippen LogP contribution in [0.5, 0.6) is 5.75 Å². The van der Waals surface area contributed by atoms with Gasteiger partial charge in [0.15, 0.2) is 5.78 Å². The molecule has 0 aliphatic rings. The summed E-state index contributed by atoms with van der Waals surface area (Å²) in [6.45, 7) is 5.28. The highest BCUT2D eigenvalue weighted by Gasteiger charge is 2.22. The third-order valence-electron chi connectivity index (χ3n) is 3.31. The molecule has 1 atom stereocenters. The normalized spacial score (nSPS) is 11.8. The van der Waals surface area contributed by atoms with Gasteiger partial charge in [0.1, 0.15) is 11.8 Å². The summed E-state index contributed by atoms with van der Waals surface area (Å²) >= 11 is 0. The zero-order valence-electron chi connectivity index (χ0n) is 13.7. The fraction of sp³-hybridized carbons (Fsp3) is 0.471. The number of Topliss-reactive ketones (excluding diaryl/α,β-unsaturated/α-hetero) is 1. The maximum atomic E-state index is 11.7. The number of hydrogen-bond acceptors (Lipinski definition) is 4. The second-order valence-electron chi connectivity index (χ2n) is 5.66. The van der Waals surface area contributed by atoms with E-state index in [1.165, 1.54) is 6.92 Å². The largest absolute Gasteiger partial charge is 0.494 e. The molecule has 0 saturated heterocycles. The van der Waals surface area contributed by atoms with Crippen LogP contribution in [0.4, 0.5) is 0 Å². The molecule has 1 rings (SSSR count). The highest BCUT2D eigenvalue weighted by atomic mass is 16.5. The van der Waals surface area contributed by atoms with Crippen molar-refractivity contribution in [2.24, 2.45) is 5.92 Å². The van der Waals surface area contributed by atoms with Gasteiger partial charge in [-0.05, 0) is 31.4 Å². The van der Waals surface area contributed by atoms with Gasteiger partial charge in [-0.3, -0.25) is 9.59 Å². The molecule has 0 aliphatic carbocycles. The standard InChI is InChI=1S/C17H23NO5/c1-11(2)16(17(21)22)18-15(20)8-5-9-23-14-7-4-6-13(10-14)12(3)19/h4,6-7,10-11,16H,5,8-9H2,1-3H3,(H,18,20)(H,21,22)/t16-/m0/s1.